The topological polar surface area (TPSA) is 78.5 Å². The average Bonchev–Trinajstić information content (AvgIpc) is 3.13. The standard InChI is InChI=1S/C22H27F2N3O3S/c1-14-10-15(2)22(16(3)11-14)31(29,30)25-7-6-20(28)26-17-12-18(23)21(19(24)13-17)27-8-4-5-9-27/h10-13,25H,4-9H2,1-3H3,(H,26,28). The van der Waals surface area contributed by atoms with Crippen LogP contribution in [0.25, 0.3) is 0 Å². The maximum atomic E-state index is 14.4. The molecule has 0 atom stereocenters. The minimum atomic E-state index is -3.79. The van der Waals surface area contributed by atoms with E-state index in [2.05, 4.69) is 10.0 Å². The van der Waals surface area contributed by atoms with E-state index in [0.717, 1.165) is 30.5 Å². The first-order valence-corrected chi connectivity index (χ1v) is 11.7. The summed E-state index contributed by atoms with van der Waals surface area (Å²) in [5.74, 6) is -2.01. The van der Waals surface area contributed by atoms with Gasteiger partial charge in [0.2, 0.25) is 15.9 Å². The highest BCUT2D eigenvalue weighted by Gasteiger charge is 2.22. The molecule has 1 aliphatic heterocycles. The molecule has 31 heavy (non-hydrogen) atoms. The van der Waals surface area contributed by atoms with Crippen molar-refractivity contribution in [2.45, 2.75) is 44.9 Å². The second-order valence-electron chi connectivity index (χ2n) is 7.91. The minimum absolute atomic E-state index is 0.00368. The Morgan fingerprint density at radius 2 is 1.55 bits per heavy atom. The van der Waals surface area contributed by atoms with Crippen LogP contribution in [-0.4, -0.2) is 34.0 Å². The number of aryl methyl sites for hydroxylation is 3. The summed E-state index contributed by atoms with van der Waals surface area (Å²) in [4.78, 5) is 14.0. The maximum absolute atomic E-state index is 14.4. The number of amides is 1. The molecule has 3 rings (SSSR count). The van der Waals surface area contributed by atoms with Crippen LogP contribution in [0, 0.1) is 32.4 Å². The Kier molecular flexibility index (Phi) is 6.96. The van der Waals surface area contributed by atoms with Crippen molar-refractivity contribution in [3.8, 4) is 0 Å². The van der Waals surface area contributed by atoms with Gasteiger partial charge >= 0.3 is 0 Å². The average molecular weight is 452 g/mol. The second-order valence-corrected chi connectivity index (χ2v) is 9.61. The summed E-state index contributed by atoms with van der Waals surface area (Å²) >= 11 is 0. The smallest absolute Gasteiger partial charge is 0.241 e. The zero-order chi connectivity index (χ0) is 22.8. The van der Waals surface area contributed by atoms with Gasteiger partial charge in [-0.05, 0) is 56.9 Å². The molecule has 1 aliphatic rings. The maximum Gasteiger partial charge on any atom is 0.241 e. The highest BCUT2D eigenvalue weighted by molar-refractivity contribution is 7.89. The van der Waals surface area contributed by atoms with Crippen molar-refractivity contribution >= 4 is 27.3 Å². The third-order valence-electron chi connectivity index (χ3n) is 5.24. The van der Waals surface area contributed by atoms with E-state index in [1.165, 1.54) is 0 Å². The number of anilines is 2. The number of hydrogen-bond donors (Lipinski definition) is 2. The highest BCUT2D eigenvalue weighted by atomic mass is 32.2. The van der Waals surface area contributed by atoms with Crippen molar-refractivity contribution in [1.82, 2.24) is 4.72 Å². The Bertz CT molecular complexity index is 1050. The number of nitrogens with zero attached hydrogens (tertiary/aromatic N) is 1. The SMILES string of the molecule is Cc1cc(C)c(S(=O)(=O)NCCC(=O)Nc2cc(F)c(N3CCCC3)c(F)c2)c(C)c1. The van der Waals surface area contributed by atoms with Crippen LogP contribution < -0.4 is 14.9 Å². The fraction of sp³-hybridized carbons (Fsp3) is 0.409. The third kappa shape index (κ3) is 5.40. The molecule has 168 valence electrons. The molecule has 1 fully saturated rings. The Morgan fingerprint density at radius 1 is 1.00 bits per heavy atom. The number of rotatable bonds is 7. The van der Waals surface area contributed by atoms with Gasteiger partial charge in [0.15, 0.2) is 11.6 Å². The molecule has 6 nitrogen and oxygen atoms in total. The highest BCUT2D eigenvalue weighted by Crippen LogP contribution is 2.29. The van der Waals surface area contributed by atoms with Gasteiger partial charge in [-0.1, -0.05) is 17.7 Å². The number of carbonyl (C=O) groups excluding carboxylic acids is 1. The van der Waals surface area contributed by atoms with E-state index in [-0.39, 0.29) is 29.2 Å². The van der Waals surface area contributed by atoms with Crippen molar-refractivity contribution in [1.29, 1.82) is 0 Å². The van der Waals surface area contributed by atoms with E-state index >= 15 is 0 Å². The Hall–Kier alpha value is -2.52. The van der Waals surface area contributed by atoms with Crippen molar-refractivity contribution < 1.29 is 22.0 Å². The van der Waals surface area contributed by atoms with Crippen LogP contribution in [0.3, 0.4) is 0 Å². The molecule has 2 aromatic carbocycles. The predicted octanol–water partition coefficient (Wildman–Crippen LogP) is 3.80. The van der Waals surface area contributed by atoms with Crippen molar-refractivity contribution in [2.24, 2.45) is 0 Å². The fourth-order valence-electron chi connectivity index (χ4n) is 4.07. The molecule has 1 amide bonds. The molecule has 1 saturated heterocycles. The van der Waals surface area contributed by atoms with E-state index in [1.54, 1.807) is 30.9 Å². The first-order valence-electron chi connectivity index (χ1n) is 10.2. The number of sulfonamides is 1. The third-order valence-corrected chi connectivity index (χ3v) is 7.01. The van der Waals surface area contributed by atoms with Crippen LogP contribution in [0.15, 0.2) is 29.2 Å². The van der Waals surface area contributed by atoms with Gasteiger partial charge in [0.1, 0.15) is 5.69 Å². The fourth-order valence-corrected chi connectivity index (χ4v) is 5.55. The molecular weight excluding hydrogens is 424 g/mol. The predicted molar refractivity (Wildman–Crippen MR) is 117 cm³/mol. The van der Waals surface area contributed by atoms with Crippen LogP contribution in [0.5, 0.6) is 0 Å². The summed E-state index contributed by atoms with van der Waals surface area (Å²) in [6.45, 7) is 6.38. The largest absolute Gasteiger partial charge is 0.367 e. The lowest BCUT2D eigenvalue weighted by atomic mass is 10.1. The van der Waals surface area contributed by atoms with Crippen molar-refractivity contribution in [3.05, 3.63) is 52.6 Å². The zero-order valence-corrected chi connectivity index (χ0v) is 18.7. The summed E-state index contributed by atoms with van der Waals surface area (Å²) in [6.07, 6.45) is 1.59. The van der Waals surface area contributed by atoms with E-state index in [4.69, 9.17) is 0 Å². The molecule has 0 saturated carbocycles. The number of benzene rings is 2. The lowest BCUT2D eigenvalue weighted by molar-refractivity contribution is -0.116. The van der Waals surface area contributed by atoms with Gasteiger partial charge < -0.3 is 10.2 Å². The van der Waals surface area contributed by atoms with E-state index in [0.29, 0.717) is 24.2 Å². The number of carbonyl (C=O) groups is 1. The lowest BCUT2D eigenvalue weighted by Crippen LogP contribution is -2.29. The number of hydrogen-bond acceptors (Lipinski definition) is 4. The molecule has 1 heterocycles. The molecule has 0 aliphatic carbocycles. The molecule has 0 radical (unpaired) electrons. The second kappa shape index (κ2) is 9.32. The van der Waals surface area contributed by atoms with E-state index < -0.39 is 27.6 Å². The number of halogens is 2. The van der Waals surface area contributed by atoms with Crippen LogP contribution in [0.1, 0.15) is 36.0 Å². The van der Waals surface area contributed by atoms with E-state index in [9.17, 15) is 22.0 Å². The zero-order valence-electron chi connectivity index (χ0n) is 17.9. The van der Waals surface area contributed by atoms with Gasteiger partial charge in [0.05, 0.1) is 4.90 Å². The summed E-state index contributed by atoms with van der Waals surface area (Å²) in [7, 11) is -3.79. The molecule has 0 bridgehead atoms. The Labute approximate surface area is 181 Å². The van der Waals surface area contributed by atoms with Crippen LogP contribution in [-0.2, 0) is 14.8 Å². The van der Waals surface area contributed by atoms with Crippen molar-refractivity contribution in [2.75, 3.05) is 29.9 Å². The Morgan fingerprint density at radius 3 is 2.10 bits per heavy atom. The normalized spacial score (nSPS) is 14.2. The Balaban J connectivity index is 1.61. The minimum Gasteiger partial charge on any atom is -0.367 e. The van der Waals surface area contributed by atoms with Crippen LogP contribution >= 0.6 is 0 Å². The molecule has 0 aromatic heterocycles. The lowest BCUT2D eigenvalue weighted by Gasteiger charge is -2.20. The summed E-state index contributed by atoms with van der Waals surface area (Å²) in [6, 6.07) is 5.72. The van der Waals surface area contributed by atoms with Crippen molar-refractivity contribution in [3.63, 3.8) is 0 Å². The van der Waals surface area contributed by atoms with Gasteiger partial charge in [-0.25, -0.2) is 21.9 Å². The first-order chi connectivity index (χ1) is 14.6. The van der Waals surface area contributed by atoms with Gasteiger partial charge in [-0.15, -0.1) is 0 Å². The molecule has 9 heteroatoms. The van der Waals surface area contributed by atoms with Gasteiger partial charge in [-0.2, -0.15) is 0 Å². The summed E-state index contributed by atoms with van der Waals surface area (Å²) < 4.78 is 56.5. The molecule has 0 unspecified atom stereocenters. The monoisotopic (exact) mass is 451 g/mol. The molecule has 2 N–H and O–H groups in total. The van der Waals surface area contributed by atoms with Gasteiger partial charge in [-0.3, -0.25) is 4.79 Å². The van der Waals surface area contributed by atoms with Crippen LogP contribution in [0.4, 0.5) is 20.2 Å². The van der Waals surface area contributed by atoms with Gasteiger partial charge in [0.25, 0.3) is 0 Å². The van der Waals surface area contributed by atoms with Crippen LogP contribution in [0.2, 0.25) is 0 Å². The summed E-state index contributed by atoms with van der Waals surface area (Å²) in [5.41, 5.74) is 2.13. The first kappa shape index (κ1) is 23.1. The number of nitrogens with one attached hydrogen (secondary N) is 2. The van der Waals surface area contributed by atoms with E-state index in [1.807, 2.05) is 6.92 Å². The molecular formula is C22H27F2N3O3S. The quantitative estimate of drug-likeness (QED) is 0.671. The molecule has 0 spiro atoms. The molecule has 2 aromatic rings. The summed E-state index contributed by atoms with van der Waals surface area (Å²) in [5, 5.41) is 2.43. The van der Waals surface area contributed by atoms with Gasteiger partial charge in [0, 0.05) is 31.7 Å².